The zero-order chi connectivity index (χ0) is 18.4. The molecule has 0 saturated carbocycles. The molecule has 132 valence electrons. The van der Waals surface area contributed by atoms with E-state index in [1.807, 2.05) is 0 Å². The van der Waals surface area contributed by atoms with Crippen LogP contribution in [0.25, 0.3) is 11.3 Å². The van der Waals surface area contributed by atoms with Gasteiger partial charge < -0.3 is 9.15 Å². The first-order valence-corrected chi connectivity index (χ1v) is 9.07. The van der Waals surface area contributed by atoms with E-state index in [1.54, 1.807) is 13.8 Å². The highest BCUT2D eigenvalue weighted by atomic mass is 32.2. The van der Waals surface area contributed by atoms with Gasteiger partial charge in [0.1, 0.15) is 17.1 Å². The van der Waals surface area contributed by atoms with Crippen LogP contribution in [0.3, 0.4) is 0 Å². The molecule has 25 heavy (non-hydrogen) atoms. The van der Waals surface area contributed by atoms with Gasteiger partial charge in [0.2, 0.25) is 15.8 Å². The summed E-state index contributed by atoms with van der Waals surface area (Å²) >= 11 is 0. The van der Waals surface area contributed by atoms with Crippen molar-refractivity contribution in [3.8, 4) is 0 Å². The monoisotopic (exact) mass is 365 g/mol. The zero-order valence-corrected chi connectivity index (χ0v) is 14.4. The van der Waals surface area contributed by atoms with Crippen LogP contribution in [0.2, 0.25) is 0 Å². The van der Waals surface area contributed by atoms with Crippen molar-refractivity contribution in [3.63, 3.8) is 0 Å². The maximum atomic E-state index is 13.3. The SMILES string of the molecule is CCC1(C)OC(c2ccc(S(N)(=O)=O)cc2)=C(c2ccc(F)o2)C1=O. The Balaban J connectivity index is 2.15. The fourth-order valence-electron chi connectivity index (χ4n) is 2.59. The molecule has 0 aliphatic carbocycles. The van der Waals surface area contributed by atoms with Gasteiger partial charge in [-0.15, -0.1) is 0 Å². The Bertz CT molecular complexity index is 975. The average molecular weight is 365 g/mol. The van der Waals surface area contributed by atoms with Gasteiger partial charge in [-0.05, 0) is 43.7 Å². The van der Waals surface area contributed by atoms with Crippen LogP contribution in [-0.2, 0) is 19.6 Å². The molecule has 1 aliphatic rings. The van der Waals surface area contributed by atoms with E-state index < -0.39 is 21.6 Å². The van der Waals surface area contributed by atoms with Crippen molar-refractivity contribution in [1.29, 1.82) is 0 Å². The van der Waals surface area contributed by atoms with Gasteiger partial charge in [-0.25, -0.2) is 13.6 Å². The van der Waals surface area contributed by atoms with E-state index in [0.717, 1.165) is 6.07 Å². The van der Waals surface area contributed by atoms with E-state index in [2.05, 4.69) is 0 Å². The van der Waals surface area contributed by atoms with Gasteiger partial charge >= 0.3 is 0 Å². The molecule has 3 rings (SSSR count). The molecule has 2 N–H and O–H groups in total. The molecule has 1 aromatic heterocycles. The van der Waals surface area contributed by atoms with E-state index in [0.29, 0.717) is 12.0 Å². The topological polar surface area (TPSA) is 99.6 Å². The number of rotatable bonds is 4. The van der Waals surface area contributed by atoms with Crippen LogP contribution in [0.15, 0.2) is 45.7 Å². The van der Waals surface area contributed by atoms with Crippen molar-refractivity contribution >= 4 is 27.1 Å². The number of ether oxygens (including phenoxy) is 1. The number of furan rings is 1. The Hall–Kier alpha value is -2.45. The van der Waals surface area contributed by atoms with Crippen molar-refractivity contribution in [3.05, 3.63) is 53.7 Å². The van der Waals surface area contributed by atoms with Crippen LogP contribution >= 0.6 is 0 Å². The van der Waals surface area contributed by atoms with Crippen LogP contribution in [-0.4, -0.2) is 19.8 Å². The number of ketones is 1. The Morgan fingerprint density at radius 1 is 1.16 bits per heavy atom. The number of benzene rings is 1. The number of carbonyl (C=O) groups excluding carboxylic acids is 1. The number of hydrogen-bond donors (Lipinski definition) is 1. The maximum absolute atomic E-state index is 13.3. The number of primary sulfonamides is 1. The normalized spacial score (nSPS) is 20.9. The number of nitrogens with two attached hydrogens (primary N) is 1. The molecule has 0 amide bonds. The van der Waals surface area contributed by atoms with Crippen molar-refractivity contribution in [1.82, 2.24) is 0 Å². The number of sulfonamides is 1. The number of hydrogen-bond acceptors (Lipinski definition) is 5. The second-order valence-corrected chi connectivity index (χ2v) is 7.45. The highest BCUT2D eigenvalue weighted by Gasteiger charge is 2.46. The van der Waals surface area contributed by atoms with Gasteiger partial charge in [-0.2, -0.15) is 4.39 Å². The fraction of sp³-hybridized carbons (Fsp3) is 0.235. The van der Waals surface area contributed by atoms with E-state index in [9.17, 15) is 17.6 Å². The molecule has 0 fully saturated rings. The van der Waals surface area contributed by atoms with Crippen LogP contribution in [0, 0.1) is 6.01 Å². The quantitative estimate of drug-likeness (QED) is 0.898. The third-order valence-electron chi connectivity index (χ3n) is 4.20. The minimum absolute atomic E-state index is 0.0604. The molecule has 0 radical (unpaired) electrons. The van der Waals surface area contributed by atoms with Crippen LogP contribution in [0.5, 0.6) is 0 Å². The van der Waals surface area contributed by atoms with E-state index >= 15 is 0 Å². The van der Waals surface area contributed by atoms with E-state index in [4.69, 9.17) is 14.3 Å². The van der Waals surface area contributed by atoms with Crippen molar-refractivity contribution in [2.24, 2.45) is 5.14 Å². The molecule has 1 unspecified atom stereocenters. The third kappa shape index (κ3) is 2.98. The Labute approximate surface area is 144 Å². The molecule has 0 spiro atoms. The minimum atomic E-state index is -3.84. The maximum Gasteiger partial charge on any atom is 0.278 e. The summed E-state index contributed by atoms with van der Waals surface area (Å²) in [7, 11) is -3.84. The number of carbonyl (C=O) groups is 1. The first-order chi connectivity index (χ1) is 11.7. The summed E-state index contributed by atoms with van der Waals surface area (Å²) in [5.41, 5.74) is -0.520. The van der Waals surface area contributed by atoms with Crippen molar-refractivity contribution < 1.29 is 26.8 Å². The van der Waals surface area contributed by atoms with Gasteiger partial charge in [0.25, 0.3) is 6.01 Å². The van der Waals surface area contributed by atoms with Crippen LogP contribution in [0.4, 0.5) is 4.39 Å². The smallest absolute Gasteiger partial charge is 0.278 e. The zero-order valence-electron chi connectivity index (χ0n) is 13.6. The highest BCUT2D eigenvalue weighted by molar-refractivity contribution is 7.89. The summed E-state index contributed by atoms with van der Waals surface area (Å²) in [4.78, 5) is 12.7. The summed E-state index contributed by atoms with van der Waals surface area (Å²) in [6.45, 7) is 3.44. The van der Waals surface area contributed by atoms with E-state index in [-0.39, 0.29) is 27.8 Å². The minimum Gasteiger partial charge on any atom is -0.478 e. The van der Waals surface area contributed by atoms with Gasteiger partial charge in [0.05, 0.1) is 4.90 Å². The molecule has 1 aliphatic heterocycles. The summed E-state index contributed by atoms with van der Waals surface area (Å²) < 4.78 is 46.9. The molecule has 0 bridgehead atoms. The molecule has 1 aromatic carbocycles. The molecule has 6 nitrogen and oxygen atoms in total. The predicted octanol–water partition coefficient (Wildman–Crippen LogP) is 2.70. The van der Waals surface area contributed by atoms with Crippen LogP contribution in [0.1, 0.15) is 31.6 Å². The number of halogens is 1. The predicted molar refractivity (Wildman–Crippen MR) is 88.1 cm³/mol. The van der Waals surface area contributed by atoms with Gasteiger partial charge in [0, 0.05) is 11.6 Å². The summed E-state index contributed by atoms with van der Waals surface area (Å²) in [5, 5.41) is 5.09. The van der Waals surface area contributed by atoms with Gasteiger partial charge in [-0.1, -0.05) is 6.92 Å². The second-order valence-electron chi connectivity index (χ2n) is 5.89. The molecule has 0 saturated heterocycles. The van der Waals surface area contributed by atoms with Crippen molar-refractivity contribution in [2.75, 3.05) is 0 Å². The lowest BCUT2D eigenvalue weighted by atomic mass is 9.92. The lowest BCUT2D eigenvalue weighted by Gasteiger charge is -2.21. The van der Waals surface area contributed by atoms with E-state index in [1.165, 1.54) is 30.3 Å². The fourth-order valence-corrected chi connectivity index (χ4v) is 3.11. The van der Waals surface area contributed by atoms with Gasteiger partial charge in [-0.3, -0.25) is 4.79 Å². The Kier molecular flexibility index (Phi) is 4.04. The molecule has 1 atom stereocenters. The number of Topliss-reactive ketones (excluding diaryl/α,β-unsaturated/α-hetero) is 1. The Morgan fingerprint density at radius 2 is 1.80 bits per heavy atom. The summed E-state index contributed by atoms with van der Waals surface area (Å²) in [6.07, 6.45) is 0.400. The lowest BCUT2D eigenvalue weighted by Crippen LogP contribution is -2.32. The molecule has 2 heterocycles. The Morgan fingerprint density at radius 3 is 2.28 bits per heavy atom. The summed E-state index contributed by atoms with van der Waals surface area (Å²) in [6, 6.07) is 7.22. The third-order valence-corrected chi connectivity index (χ3v) is 5.13. The average Bonchev–Trinajstić information content (AvgIpc) is 3.09. The molecule has 2 aromatic rings. The first kappa shape index (κ1) is 17.4. The molecular formula is C17H16FNO5S. The first-order valence-electron chi connectivity index (χ1n) is 7.53. The molecule has 8 heteroatoms. The lowest BCUT2D eigenvalue weighted by molar-refractivity contribution is -0.126. The van der Waals surface area contributed by atoms with Gasteiger partial charge in [0.15, 0.2) is 5.60 Å². The largest absolute Gasteiger partial charge is 0.478 e. The molecular weight excluding hydrogens is 349 g/mol. The summed E-state index contributed by atoms with van der Waals surface area (Å²) in [5.74, 6) is -0.0512. The van der Waals surface area contributed by atoms with Crippen molar-refractivity contribution in [2.45, 2.75) is 30.8 Å². The highest BCUT2D eigenvalue weighted by Crippen LogP contribution is 2.43. The standard InChI is InChI=1S/C17H16FNO5S/c1-3-17(2)16(20)14(12-8-9-13(18)23-12)15(24-17)10-4-6-11(7-5-10)25(19,21)22/h4-9H,3H2,1-2H3,(H2,19,21,22). The second kappa shape index (κ2) is 5.82. The van der Waals surface area contributed by atoms with Crippen LogP contribution < -0.4 is 5.14 Å².